The molecule has 5 heteroatoms. The first kappa shape index (κ1) is 10.3. The highest BCUT2D eigenvalue weighted by Gasteiger charge is 2.01. The van der Waals surface area contributed by atoms with E-state index in [0.717, 1.165) is 0 Å². The topological polar surface area (TPSA) is 68.7 Å². The van der Waals surface area contributed by atoms with Crippen molar-refractivity contribution in [2.45, 2.75) is 6.92 Å². The predicted octanol–water partition coefficient (Wildman–Crippen LogP) is 0.944. The molecule has 1 rings (SSSR count). The fraction of sp³-hybridized carbons (Fsp3) is 0.333. The van der Waals surface area contributed by atoms with Gasteiger partial charge in [-0.05, 0) is 6.92 Å². The molecule has 0 aromatic carbocycles. The Bertz CT molecular complexity index is 313. The van der Waals surface area contributed by atoms with E-state index in [9.17, 15) is 4.79 Å². The molecule has 0 amide bonds. The molecule has 0 saturated carbocycles. The summed E-state index contributed by atoms with van der Waals surface area (Å²) < 4.78 is 9.98. The molecule has 0 spiro atoms. The van der Waals surface area contributed by atoms with Gasteiger partial charge < -0.3 is 14.6 Å². The van der Waals surface area contributed by atoms with E-state index in [1.807, 2.05) is 6.92 Å². The maximum Gasteiger partial charge on any atom is 0.341 e. The zero-order valence-corrected chi connectivity index (χ0v) is 7.77. The number of carboxylic acid groups (broad SMARTS) is 1. The first-order chi connectivity index (χ1) is 6.72. The standard InChI is InChI=1S/C9H11NO4/c1-2-13-7-4-3-5-8(10-7)14-6-9(11)12/h3-5H,2,6H2,1H3,(H,11,12). The zero-order chi connectivity index (χ0) is 10.4. The van der Waals surface area contributed by atoms with Crippen LogP contribution in [0.5, 0.6) is 11.8 Å². The minimum Gasteiger partial charge on any atom is -0.479 e. The van der Waals surface area contributed by atoms with E-state index in [0.29, 0.717) is 12.5 Å². The smallest absolute Gasteiger partial charge is 0.341 e. The normalized spacial score (nSPS) is 9.50. The molecule has 1 aromatic heterocycles. The Labute approximate surface area is 81.3 Å². The second-order valence-corrected chi connectivity index (χ2v) is 2.43. The number of pyridine rings is 1. The zero-order valence-electron chi connectivity index (χ0n) is 7.77. The average molecular weight is 197 g/mol. The lowest BCUT2D eigenvalue weighted by atomic mass is 10.5. The van der Waals surface area contributed by atoms with E-state index in [2.05, 4.69) is 4.98 Å². The summed E-state index contributed by atoms with van der Waals surface area (Å²) in [6.45, 7) is 1.95. The minimum absolute atomic E-state index is 0.248. The van der Waals surface area contributed by atoms with Gasteiger partial charge in [0.15, 0.2) is 6.61 Å². The van der Waals surface area contributed by atoms with Gasteiger partial charge in [0.05, 0.1) is 6.61 Å². The van der Waals surface area contributed by atoms with E-state index in [-0.39, 0.29) is 5.88 Å². The van der Waals surface area contributed by atoms with Gasteiger partial charge in [0.25, 0.3) is 0 Å². The van der Waals surface area contributed by atoms with Gasteiger partial charge in [-0.1, -0.05) is 6.07 Å². The molecule has 14 heavy (non-hydrogen) atoms. The Morgan fingerprint density at radius 1 is 1.43 bits per heavy atom. The third-order valence-corrected chi connectivity index (χ3v) is 1.33. The van der Waals surface area contributed by atoms with Crippen molar-refractivity contribution in [3.8, 4) is 11.8 Å². The number of nitrogens with zero attached hydrogens (tertiary/aromatic N) is 1. The van der Waals surface area contributed by atoms with Crippen molar-refractivity contribution < 1.29 is 19.4 Å². The van der Waals surface area contributed by atoms with Gasteiger partial charge in [0.2, 0.25) is 11.8 Å². The van der Waals surface area contributed by atoms with Crippen LogP contribution in [0.15, 0.2) is 18.2 Å². The molecule has 0 aliphatic carbocycles. The van der Waals surface area contributed by atoms with Crippen molar-refractivity contribution in [3.63, 3.8) is 0 Å². The van der Waals surface area contributed by atoms with E-state index < -0.39 is 12.6 Å². The lowest BCUT2D eigenvalue weighted by molar-refractivity contribution is -0.139. The summed E-state index contributed by atoms with van der Waals surface area (Å²) in [5, 5.41) is 8.36. The van der Waals surface area contributed by atoms with Crippen molar-refractivity contribution in [2.24, 2.45) is 0 Å². The van der Waals surface area contributed by atoms with Crippen LogP contribution in [0.1, 0.15) is 6.92 Å². The summed E-state index contributed by atoms with van der Waals surface area (Å²) in [6, 6.07) is 4.94. The number of aliphatic carboxylic acids is 1. The summed E-state index contributed by atoms with van der Waals surface area (Å²) in [5.74, 6) is -0.359. The molecule has 1 aromatic rings. The third-order valence-electron chi connectivity index (χ3n) is 1.33. The van der Waals surface area contributed by atoms with Crippen LogP contribution in [0.25, 0.3) is 0 Å². The van der Waals surface area contributed by atoms with Crippen LogP contribution < -0.4 is 9.47 Å². The Balaban J connectivity index is 2.58. The van der Waals surface area contributed by atoms with Crippen LogP contribution in [0, 0.1) is 0 Å². The van der Waals surface area contributed by atoms with Crippen molar-refractivity contribution in [1.29, 1.82) is 0 Å². The van der Waals surface area contributed by atoms with Crippen molar-refractivity contribution in [2.75, 3.05) is 13.2 Å². The number of aromatic nitrogens is 1. The summed E-state index contributed by atoms with van der Waals surface area (Å²) >= 11 is 0. The predicted molar refractivity (Wildman–Crippen MR) is 48.5 cm³/mol. The highest BCUT2D eigenvalue weighted by Crippen LogP contribution is 2.12. The van der Waals surface area contributed by atoms with Crippen LogP contribution in [0.2, 0.25) is 0 Å². The molecule has 1 N–H and O–H groups in total. The number of ether oxygens (including phenoxy) is 2. The highest BCUT2D eigenvalue weighted by molar-refractivity contribution is 5.68. The number of carboxylic acids is 1. The molecule has 0 saturated heterocycles. The molecule has 0 atom stereocenters. The molecule has 0 fully saturated rings. The second kappa shape index (κ2) is 5.06. The minimum atomic E-state index is -1.03. The molecule has 76 valence electrons. The molecule has 0 bridgehead atoms. The van der Waals surface area contributed by atoms with Crippen LogP contribution in [0.3, 0.4) is 0 Å². The number of hydrogen-bond donors (Lipinski definition) is 1. The molecular formula is C9H11NO4. The number of rotatable bonds is 5. The van der Waals surface area contributed by atoms with Crippen LogP contribution in [-0.4, -0.2) is 29.3 Å². The Morgan fingerprint density at radius 3 is 2.64 bits per heavy atom. The Morgan fingerprint density at radius 2 is 2.07 bits per heavy atom. The van der Waals surface area contributed by atoms with E-state index in [1.165, 1.54) is 0 Å². The summed E-state index contributed by atoms with van der Waals surface area (Å²) in [7, 11) is 0. The fourth-order valence-corrected chi connectivity index (χ4v) is 0.840. The monoisotopic (exact) mass is 197 g/mol. The molecular weight excluding hydrogens is 186 g/mol. The largest absolute Gasteiger partial charge is 0.479 e. The molecule has 0 unspecified atom stereocenters. The Hall–Kier alpha value is -1.78. The first-order valence-corrected chi connectivity index (χ1v) is 4.17. The van der Waals surface area contributed by atoms with Gasteiger partial charge in [-0.15, -0.1) is 0 Å². The molecule has 5 nitrogen and oxygen atoms in total. The molecule has 0 aliphatic heterocycles. The molecule has 0 aliphatic rings. The fourth-order valence-electron chi connectivity index (χ4n) is 0.840. The van der Waals surface area contributed by atoms with Gasteiger partial charge in [0, 0.05) is 12.1 Å². The second-order valence-electron chi connectivity index (χ2n) is 2.43. The van der Waals surface area contributed by atoms with Gasteiger partial charge in [-0.25, -0.2) is 4.79 Å². The van der Waals surface area contributed by atoms with Gasteiger partial charge in [-0.2, -0.15) is 4.98 Å². The van der Waals surface area contributed by atoms with E-state index in [1.54, 1.807) is 18.2 Å². The average Bonchev–Trinajstić information content (AvgIpc) is 2.16. The van der Waals surface area contributed by atoms with Crippen molar-refractivity contribution >= 4 is 5.97 Å². The summed E-state index contributed by atoms with van der Waals surface area (Å²) in [5.41, 5.74) is 0. The van der Waals surface area contributed by atoms with E-state index >= 15 is 0 Å². The van der Waals surface area contributed by atoms with Gasteiger partial charge in [-0.3, -0.25) is 0 Å². The van der Waals surface area contributed by atoms with Crippen molar-refractivity contribution in [1.82, 2.24) is 4.98 Å². The van der Waals surface area contributed by atoms with Crippen LogP contribution in [-0.2, 0) is 4.79 Å². The molecule has 1 heterocycles. The number of carbonyl (C=O) groups is 1. The van der Waals surface area contributed by atoms with Crippen LogP contribution in [0.4, 0.5) is 0 Å². The SMILES string of the molecule is CCOc1cccc(OCC(=O)O)n1. The molecule has 0 radical (unpaired) electrons. The maximum absolute atomic E-state index is 10.2. The Kier molecular flexibility index (Phi) is 3.72. The van der Waals surface area contributed by atoms with Gasteiger partial charge >= 0.3 is 5.97 Å². The number of hydrogen-bond acceptors (Lipinski definition) is 4. The maximum atomic E-state index is 10.2. The third kappa shape index (κ3) is 3.30. The summed E-state index contributed by atoms with van der Waals surface area (Å²) in [4.78, 5) is 14.1. The van der Waals surface area contributed by atoms with Crippen LogP contribution >= 0.6 is 0 Å². The summed E-state index contributed by atoms with van der Waals surface area (Å²) in [6.07, 6.45) is 0. The van der Waals surface area contributed by atoms with Gasteiger partial charge in [0.1, 0.15) is 0 Å². The van der Waals surface area contributed by atoms with Crippen molar-refractivity contribution in [3.05, 3.63) is 18.2 Å². The highest BCUT2D eigenvalue weighted by atomic mass is 16.5. The lowest BCUT2D eigenvalue weighted by Gasteiger charge is -2.04. The van der Waals surface area contributed by atoms with E-state index in [4.69, 9.17) is 14.6 Å². The quantitative estimate of drug-likeness (QED) is 0.760. The first-order valence-electron chi connectivity index (χ1n) is 4.17. The lowest BCUT2D eigenvalue weighted by Crippen LogP contribution is -2.10.